The second-order valence-electron chi connectivity index (χ2n) is 5.75. The lowest BCUT2D eigenvalue weighted by Crippen LogP contribution is -2.49. The highest BCUT2D eigenvalue weighted by molar-refractivity contribution is 5.92. The van der Waals surface area contributed by atoms with Crippen LogP contribution in [0.5, 0.6) is 0 Å². The van der Waals surface area contributed by atoms with Gasteiger partial charge in [-0.25, -0.2) is 0 Å². The molecule has 1 amide bonds. The van der Waals surface area contributed by atoms with E-state index in [1.807, 2.05) is 31.1 Å². The molecule has 0 atom stereocenters. The maximum absolute atomic E-state index is 12.3. The van der Waals surface area contributed by atoms with Gasteiger partial charge in [0.2, 0.25) is 0 Å². The van der Waals surface area contributed by atoms with Crippen molar-refractivity contribution in [1.29, 1.82) is 0 Å². The molecule has 1 fully saturated rings. The zero-order valence-electron chi connectivity index (χ0n) is 13.6. The first kappa shape index (κ1) is 15.3. The summed E-state index contributed by atoms with van der Waals surface area (Å²) in [5.74, 6) is 2.21. The van der Waals surface area contributed by atoms with E-state index < -0.39 is 0 Å². The minimum Gasteiger partial charge on any atom is -0.361 e. The summed E-state index contributed by atoms with van der Waals surface area (Å²) in [5.41, 5.74) is 0.367. The van der Waals surface area contributed by atoms with Crippen LogP contribution in [0, 0.1) is 6.92 Å². The maximum atomic E-state index is 12.3. The number of carbonyl (C=O) groups is 1. The van der Waals surface area contributed by atoms with Crippen molar-refractivity contribution in [1.82, 2.24) is 20.3 Å². The maximum Gasteiger partial charge on any atom is 0.276 e. The van der Waals surface area contributed by atoms with Gasteiger partial charge in [0.1, 0.15) is 5.76 Å². The van der Waals surface area contributed by atoms with E-state index in [4.69, 9.17) is 4.52 Å². The normalized spacial score (nSPS) is 14.9. The average Bonchev–Trinajstić information content (AvgIpc) is 3.01. The zero-order chi connectivity index (χ0) is 16.4. The Morgan fingerprint density at radius 2 is 1.91 bits per heavy atom. The monoisotopic (exact) mass is 316 g/mol. The lowest BCUT2D eigenvalue weighted by molar-refractivity contribution is 0.0736. The minimum atomic E-state index is -0.0875. The topological polar surface area (TPSA) is 78.6 Å². The van der Waals surface area contributed by atoms with Crippen LogP contribution in [-0.4, -0.2) is 66.4 Å². The summed E-state index contributed by atoms with van der Waals surface area (Å²) in [5, 5.41) is 12.2. The van der Waals surface area contributed by atoms with Gasteiger partial charge in [-0.2, -0.15) is 0 Å². The van der Waals surface area contributed by atoms with E-state index >= 15 is 0 Å². The molecular weight excluding hydrogens is 296 g/mol. The van der Waals surface area contributed by atoms with E-state index in [-0.39, 0.29) is 5.91 Å². The highest BCUT2D eigenvalue weighted by Crippen LogP contribution is 2.16. The largest absolute Gasteiger partial charge is 0.361 e. The van der Waals surface area contributed by atoms with Crippen molar-refractivity contribution in [3.05, 3.63) is 29.7 Å². The van der Waals surface area contributed by atoms with Crippen molar-refractivity contribution in [2.75, 3.05) is 50.1 Å². The van der Waals surface area contributed by atoms with Gasteiger partial charge in [0.05, 0.1) is 0 Å². The number of nitrogens with zero attached hydrogens (tertiary/aromatic N) is 6. The van der Waals surface area contributed by atoms with Crippen LogP contribution in [0.3, 0.4) is 0 Å². The van der Waals surface area contributed by atoms with Gasteiger partial charge < -0.3 is 19.2 Å². The van der Waals surface area contributed by atoms with E-state index in [1.165, 1.54) is 0 Å². The number of hydrogen-bond acceptors (Lipinski definition) is 7. The Hall–Kier alpha value is -2.64. The highest BCUT2D eigenvalue weighted by atomic mass is 16.5. The van der Waals surface area contributed by atoms with Crippen LogP contribution in [0.2, 0.25) is 0 Å². The van der Waals surface area contributed by atoms with Crippen LogP contribution in [0.1, 0.15) is 16.2 Å². The van der Waals surface area contributed by atoms with Crippen molar-refractivity contribution in [2.24, 2.45) is 0 Å². The van der Waals surface area contributed by atoms with Crippen LogP contribution < -0.4 is 9.80 Å². The SMILES string of the molecule is Cc1cc(C(=O)N2CCN(c3ccc(N(C)C)nn3)CC2)no1. The molecule has 0 aliphatic carbocycles. The Balaban J connectivity index is 1.60. The van der Waals surface area contributed by atoms with E-state index in [0.717, 1.165) is 24.7 Å². The smallest absolute Gasteiger partial charge is 0.276 e. The third kappa shape index (κ3) is 3.25. The number of amides is 1. The van der Waals surface area contributed by atoms with Crippen molar-refractivity contribution < 1.29 is 9.32 Å². The number of hydrogen-bond donors (Lipinski definition) is 0. The molecular formula is C15H20N6O2. The molecule has 2 aromatic rings. The molecule has 2 aromatic heterocycles. The fourth-order valence-electron chi connectivity index (χ4n) is 2.49. The van der Waals surface area contributed by atoms with Gasteiger partial charge in [0.15, 0.2) is 17.3 Å². The Morgan fingerprint density at radius 3 is 2.43 bits per heavy atom. The molecule has 3 rings (SSSR count). The Kier molecular flexibility index (Phi) is 4.14. The van der Waals surface area contributed by atoms with Crippen molar-refractivity contribution in [3.63, 3.8) is 0 Å². The summed E-state index contributed by atoms with van der Waals surface area (Å²) < 4.78 is 4.97. The number of rotatable bonds is 3. The molecule has 0 radical (unpaired) electrons. The van der Waals surface area contributed by atoms with E-state index in [0.29, 0.717) is 24.5 Å². The van der Waals surface area contributed by atoms with Gasteiger partial charge >= 0.3 is 0 Å². The first-order chi connectivity index (χ1) is 11.0. The van der Waals surface area contributed by atoms with Gasteiger partial charge in [0.25, 0.3) is 5.91 Å². The number of anilines is 2. The summed E-state index contributed by atoms with van der Waals surface area (Å²) in [6.07, 6.45) is 0. The number of aryl methyl sites for hydroxylation is 1. The van der Waals surface area contributed by atoms with Crippen LogP contribution in [0.25, 0.3) is 0 Å². The Bertz CT molecular complexity index is 674. The van der Waals surface area contributed by atoms with Crippen molar-refractivity contribution in [2.45, 2.75) is 6.92 Å². The summed E-state index contributed by atoms with van der Waals surface area (Å²) in [7, 11) is 3.86. The second kappa shape index (κ2) is 6.23. The van der Waals surface area contributed by atoms with Gasteiger partial charge in [-0.15, -0.1) is 10.2 Å². The summed E-state index contributed by atoms with van der Waals surface area (Å²) in [6, 6.07) is 5.57. The van der Waals surface area contributed by atoms with E-state index in [2.05, 4.69) is 20.3 Å². The molecule has 0 bridgehead atoms. The second-order valence-corrected chi connectivity index (χ2v) is 5.75. The van der Waals surface area contributed by atoms with Crippen LogP contribution >= 0.6 is 0 Å². The first-order valence-corrected chi connectivity index (χ1v) is 7.53. The Morgan fingerprint density at radius 1 is 1.17 bits per heavy atom. The average molecular weight is 316 g/mol. The third-order valence-corrected chi connectivity index (χ3v) is 3.83. The number of piperazine rings is 1. The molecule has 8 heteroatoms. The molecule has 1 aliphatic rings. The van der Waals surface area contributed by atoms with Gasteiger partial charge in [-0.05, 0) is 19.1 Å². The van der Waals surface area contributed by atoms with Crippen LogP contribution in [0.4, 0.5) is 11.6 Å². The third-order valence-electron chi connectivity index (χ3n) is 3.83. The molecule has 23 heavy (non-hydrogen) atoms. The Labute approximate surface area is 134 Å². The summed E-state index contributed by atoms with van der Waals surface area (Å²) >= 11 is 0. The summed E-state index contributed by atoms with van der Waals surface area (Å²) in [4.78, 5) is 18.2. The van der Waals surface area contributed by atoms with Crippen LogP contribution in [0.15, 0.2) is 22.7 Å². The van der Waals surface area contributed by atoms with E-state index in [1.54, 1.807) is 17.9 Å². The van der Waals surface area contributed by atoms with Gasteiger partial charge in [0, 0.05) is 46.3 Å². The quantitative estimate of drug-likeness (QED) is 0.828. The molecule has 8 nitrogen and oxygen atoms in total. The zero-order valence-corrected chi connectivity index (χ0v) is 13.6. The van der Waals surface area contributed by atoms with Gasteiger partial charge in [-0.3, -0.25) is 4.79 Å². The fraction of sp³-hybridized carbons (Fsp3) is 0.467. The molecule has 0 N–H and O–H groups in total. The summed E-state index contributed by atoms with van der Waals surface area (Å²) in [6.45, 7) is 4.47. The van der Waals surface area contributed by atoms with Crippen LogP contribution in [-0.2, 0) is 0 Å². The fourth-order valence-corrected chi connectivity index (χ4v) is 2.49. The lowest BCUT2D eigenvalue weighted by Gasteiger charge is -2.34. The molecule has 1 saturated heterocycles. The molecule has 1 aliphatic heterocycles. The predicted octanol–water partition coefficient (Wildman–Crippen LogP) is 0.801. The van der Waals surface area contributed by atoms with E-state index in [9.17, 15) is 4.79 Å². The minimum absolute atomic E-state index is 0.0875. The first-order valence-electron chi connectivity index (χ1n) is 7.53. The molecule has 3 heterocycles. The molecule has 0 spiro atoms. The molecule has 0 aromatic carbocycles. The molecule has 0 saturated carbocycles. The molecule has 0 unspecified atom stereocenters. The lowest BCUT2D eigenvalue weighted by atomic mass is 10.2. The van der Waals surface area contributed by atoms with Gasteiger partial charge in [-0.1, -0.05) is 5.16 Å². The predicted molar refractivity (Wildman–Crippen MR) is 85.7 cm³/mol. The highest BCUT2D eigenvalue weighted by Gasteiger charge is 2.24. The van der Waals surface area contributed by atoms with Crippen molar-refractivity contribution >= 4 is 17.5 Å². The number of carbonyl (C=O) groups excluding carboxylic acids is 1. The standard InChI is InChI=1S/C15H20N6O2/c1-11-10-12(18-23-11)15(22)21-8-6-20(7-9-21)14-5-4-13(16-17-14)19(2)3/h4-5,10H,6-9H2,1-3H3. The van der Waals surface area contributed by atoms with Crippen molar-refractivity contribution in [3.8, 4) is 0 Å². The number of aromatic nitrogens is 3. The molecule has 122 valence electrons.